The maximum absolute atomic E-state index is 12.7. The van der Waals surface area contributed by atoms with Gasteiger partial charge in [0.25, 0.3) is 5.91 Å². The fourth-order valence-corrected chi connectivity index (χ4v) is 4.68. The average Bonchev–Trinajstić information content (AvgIpc) is 2.42. The summed E-state index contributed by atoms with van der Waals surface area (Å²) in [5, 5.41) is 9.28. The molecule has 1 aliphatic heterocycles. The quantitative estimate of drug-likeness (QED) is 0.412. The summed E-state index contributed by atoms with van der Waals surface area (Å²) in [6.45, 7) is 0.522. The molecule has 1 N–H and O–H groups in total. The Morgan fingerprint density at radius 3 is 2.55 bits per heavy atom. The lowest BCUT2D eigenvalue weighted by molar-refractivity contribution is -0.143. The van der Waals surface area contributed by atoms with Gasteiger partial charge in [0.2, 0.25) is 0 Å². The second-order valence-corrected chi connectivity index (χ2v) is 8.08. The van der Waals surface area contributed by atoms with E-state index in [1.165, 1.54) is 4.90 Å². The first kappa shape index (κ1) is 16.7. The van der Waals surface area contributed by atoms with Gasteiger partial charge in [0, 0.05) is 17.3 Å². The first-order chi connectivity index (χ1) is 9.41. The molecule has 0 bridgehead atoms. The van der Waals surface area contributed by atoms with Crippen LogP contribution in [0.3, 0.4) is 0 Å². The number of carbonyl (C=O) groups excluding carboxylic acids is 1. The molecule has 4 nitrogen and oxygen atoms in total. The Balaban J connectivity index is 2.37. The summed E-state index contributed by atoms with van der Waals surface area (Å²) in [4.78, 5) is 25.5. The highest BCUT2D eigenvalue weighted by molar-refractivity contribution is 14.1. The molecule has 1 fully saturated rings. The first-order valence-electron chi connectivity index (χ1n) is 6.10. The van der Waals surface area contributed by atoms with Crippen LogP contribution < -0.4 is 0 Å². The van der Waals surface area contributed by atoms with Gasteiger partial charge in [-0.3, -0.25) is 4.79 Å². The zero-order chi connectivity index (χ0) is 14.9. The number of piperidine rings is 1. The number of carboxylic acid groups (broad SMARTS) is 1. The van der Waals surface area contributed by atoms with Crippen molar-refractivity contribution in [2.24, 2.45) is 0 Å². The molecule has 1 amide bonds. The smallest absolute Gasteiger partial charge is 0.326 e. The number of nitrogens with zero attached hydrogens (tertiary/aromatic N) is 1. The van der Waals surface area contributed by atoms with E-state index in [9.17, 15) is 14.7 Å². The van der Waals surface area contributed by atoms with Crippen molar-refractivity contribution in [1.29, 1.82) is 0 Å². The molecule has 7 heteroatoms. The molecule has 1 atom stereocenters. The molecule has 108 valence electrons. The predicted molar refractivity (Wildman–Crippen MR) is 101 cm³/mol. The lowest BCUT2D eigenvalue weighted by atomic mass is 10.0. The van der Waals surface area contributed by atoms with Crippen LogP contribution in [0.2, 0.25) is 0 Å². The summed E-state index contributed by atoms with van der Waals surface area (Å²) in [5.41, 5.74) is 0.607. The summed E-state index contributed by atoms with van der Waals surface area (Å²) in [6, 6.07) is 3.15. The Labute approximate surface area is 158 Å². The second kappa shape index (κ2) is 7.07. The van der Waals surface area contributed by atoms with Gasteiger partial charge < -0.3 is 10.0 Å². The van der Waals surface area contributed by atoms with Gasteiger partial charge in [-0.25, -0.2) is 4.79 Å². The minimum atomic E-state index is -0.909. The van der Waals surface area contributed by atoms with Crippen molar-refractivity contribution < 1.29 is 14.7 Å². The molecule has 1 saturated heterocycles. The fourth-order valence-electron chi connectivity index (χ4n) is 2.30. The van der Waals surface area contributed by atoms with Crippen LogP contribution in [0.4, 0.5) is 0 Å². The molecular weight excluding hydrogens is 599 g/mol. The van der Waals surface area contributed by atoms with E-state index in [0.717, 1.165) is 23.6 Å². The lowest BCUT2D eigenvalue weighted by Gasteiger charge is -2.33. The van der Waals surface area contributed by atoms with Crippen molar-refractivity contribution in [2.75, 3.05) is 6.54 Å². The molecular formula is C13H12I3NO3. The Morgan fingerprint density at radius 2 is 1.90 bits per heavy atom. The lowest BCUT2D eigenvalue weighted by Crippen LogP contribution is -2.48. The molecule has 1 aromatic rings. The summed E-state index contributed by atoms with van der Waals surface area (Å²) in [6.07, 6.45) is 2.27. The van der Waals surface area contributed by atoms with Crippen LogP contribution in [0.5, 0.6) is 0 Å². The average molecular weight is 611 g/mol. The molecule has 0 aromatic heterocycles. The highest BCUT2D eigenvalue weighted by Crippen LogP contribution is 2.26. The van der Waals surface area contributed by atoms with Gasteiger partial charge in [-0.05, 0) is 99.2 Å². The van der Waals surface area contributed by atoms with Crippen molar-refractivity contribution in [3.8, 4) is 0 Å². The number of benzene rings is 1. The number of carboxylic acids is 1. The standard InChI is InChI=1S/C13H12I3NO3/c14-7-5-8(11(16)9(15)6-7)12(18)17-4-2-1-3-10(17)13(19)20/h5-6,10H,1-4H2,(H,19,20)/t10-/m1/s1. The van der Waals surface area contributed by atoms with Crippen molar-refractivity contribution in [3.05, 3.63) is 28.4 Å². The maximum Gasteiger partial charge on any atom is 0.326 e. The van der Waals surface area contributed by atoms with E-state index < -0.39 is 12.0 Å². The van der Waals surface area contributed by atoms with Crippen LogP contribution in [-0.4, -0.2) is 34.5 Å². The third-order valence-corrected chi connectivity index (χ3v) is 6.94. The molecule has 1 aliphatic rings. The van der Waals surface area contributed by atoms with Crippen LogP contribution in [0.25, 0.3) is 0 Å². The Kier molecular flexibility index (Phi) is 5.91. The summed E-state index contributed by atoms with van der Waals surface area (Å²) in [5.74, 6) is -1.08. The molecule has 1 aromatic carbocycles. The van der Waals surface area contributed by atoms with Crippen molar-refractivity contribution in [1.82, 2.24) is 4.90 Å². The number of rotatable bonds is 2. The monoisotopic (exact) mass is 611 g/mol. The van der Waals surface area contributed by atoms with Crippen LogP contribution in [-0.2, 0) is 4.79 Å². The Hall–Kier alpha value is 0.350. The molecule has 2 rings (SSSR count). The minimum absolute atomic E-state index is 0.169. The fraction of sp³-hybridized carbons (Fsp3) is 0.385. The number of carbonyl (C=O) groups is 2. The number of aliphatic carboxylic acids is 1. The number of amides is 1. The topological polar surface area (TPSA) is 57.6 Å². The van der Waals surface area contributed by atoms with Crippen LogP contribution in [0.15, 0.2) is 12.1 Å². The van der Waals surface area contributed by atoms with Crippen LogP contribution in [0.1, 0.15) is 29.6 Å². The van der Waals surface area contributed by atoms with Gasteiger partial charge in [-0.1, -0.05) is 0 Å². The highest BCUT2D eigenvalue weighted by atomic mass is 127. The van der Waals surface area contributed by atoms with Crippen molar-refractivity contribution in [3.63, 3.8) is 0 Å². The van der Waals surface area contributed by atoms with Gasteiger partial charge in [-0.2, -0.15) is 0 Å². The number of hydrogen-bond acceptors (Lipinski definition) is 2. The number of halogens is 3. The summed E-state index contributed by atoms with van der Waals surface area (Å²) < 4.78 is 2.89. The largest absolute Gasteiger partial charge is 0.480 e. The maximum atomic E-state index is 12.7. The SMILES string of the molecule is O=C(O)[C@H]1CCCCN1C(=O)c1cc(I)cc(I)c1I. The Morgan fingerprint density at radius 1 is 1.20 bits per heavy atom. The highest BCUT2D eigenvalue weighted by Gasteiger charge is 2.33. The van der Waals surface area contributed by atoms with Crippen molar-refractivity contribution in [2.45, 2.75) is 25.3 Å². The van der Waals surface area contributed by atoms with Crippen LogP contribution >= 0.6 is 67.8 Å². The van der Waals surface area contributed by atoms with Gasteiger partial charge in [-0.15, -0.1) is 0 Å². The molecule has 0 radical (unpaired) electrons. The van der Waals surface area contributed by atoms with E-state index in [-0.39, 0.29) is 5.91 Å². The van der Waals surface area contributed by atoms with E-state index in [4.69, 9.17) is 0 Å². The minimum Gasteiger partial charge on any atom is -0.480 e. The molecule has 0 saturated carbocycles. The number of hydrogen-bond donors (Lipinski definition) is 1. The second-order valence-electron chi connectivity index (χ2n) is 4.60. The van der Waals surface area contributed by atoms with Gasteiger partial charge in [0.1, 0.15) is 6.04 Å². The van der Waals surface area contributed by atoms with Gasteiger partial charge in [0.05, 0.1) is 5.56 Å². The molecule has 0 aliphatic carbocycles. The first-order valence-corrected chi connectivity index (χ1v) is 9.33. The van der Waals surface area contributed by atoms with Gasteiger partial charge in [0.15, 0.2) is 0 Å². The molecule has 0 unspecified atom stereocenters. The van der Waals surface area contributed by atoms with Crippen LogP contribution in [0, 0.1) is 10.7 Å². The Bertz CT molecular complexity index is 562. The summed E-state index contributed by atoms with van der Waals surface area (Å²) >= 11 is 6.53. The van der Waals surface area contributed by atoms with E-state index >= 15 is 0 Å². The predicted octanol–water partition coefficient (Wildman–Crippen LogP) is 3.58. The third-order valence-electron chi connectivity index (χ3n) is 3.27. The number of likely N-dealkylation sites (tertiary alicyclic amines) is 1. The van der Waals surface area contributed by atoms with Gasteiger partial charge >= 0.3 is 5.97 Å². The molecule has 0 spiro atoms. The van der Waals surface area contributed by atoms with E-state index in [0.29, 0.717) is 18.5 Å². The van der Waals surface area contributed by atoms with E-state index in [1.54, 1.807) is 0 Å². The molecule has 20 heavy (non-hydrogen) atoms. The normalized spacial score (nSPS) is 18.9. The van der Waals surface area contributed by atoms with E-state index in [1.807, 2.05) is 12.1 Å². The van der Waals surface area contributed by atoms with E-state index in [2.05, 4.69) is 67.8 Å². The third kappa shape index (κ3) is 3.57. The van der Waals surface area contributed by atoms with Crippen molar-refractivity contribution >= 4 is 79.6 Å². The zero-order valence-corrected chi connectivity index (χ0v) is 16.9. The zero-order valence-electron chi connectivity index (χ0n) is 10.4. The molecule has 1 heterocycles. The summed E-state index contributed by atoms with van der Waals surface area (Å²) in [7, 11) is 0.